The van der Waals surface area contributed by atoms with Crippen LogP contribution in [0.25, 0.3) is 0 Å². The fourth-order valence-electron chi connectivity index (χ4n) is 0.623. The Bertz CT molecular complexity index is 190. The Labute approximate surface area is 88.5 Å². The van der Waals surface area contributed by atoms with Crippen LogP contribution in [0.3, 0.4) is 0 Å². The molecule has 0 atom stereocenters. The van der Waals surface area contributed by atoms with Crippen molar-refractivity contribution in [3.63, 3.8) is 0 Å². The first-order chi connectivity index (χ1) is 7.33. The summed E-state index contributed by atoms with van der Waals surface area (Å²) in [6, 6.07) is 0. The lowest BCUT2D eigenvalue weighted by Gasteiger charge is -2.21. The summed E-state index contributed by atoms with van der Waals surface area (Å²) < 4.78 is 61.2. The number of halogens is 4. The van der Waals surface area contributed by atoms with E-state index in [0.717, 1.165) is 0 Å². The lowest BCUT2D eigenvalue weighted by molar-refractivity contribution is -0.393. The van der Waals surface area contributed by atoms with Gasteiger partial charge >= 0.3 is 12.2 Å². The molecule has 0 aliphatic heterocycles. The molecule has 0 aliphatic carbocycles. The number of aliphatic hydroxyl groups is 2. The molecule has 0 aromatic carbocycles. The van der Waals surface area contributed by atoms with Crippen molar-refractivity contribution in [3.8, 4) is 0 Å². The summed E-state index contributed by atoms with van der Waals surface area (Å²) in [7, 11) is 0. The third-order valence-corrected chi connectivity index (χ3v) is 1.16. The third-order valence-electron chi connectivity index (χ3n) is 1.16. The van der Waals surface area contributed by atoms with Gasteiger partial charge in [0.25, 0.3) is 0 Å². The summed E-state index contributed by atoms with van der Waals surface area (Å²) in [5.41, 5.74) is 0. The first kappa shape index (κ1) is 15.5. The van der Waals surface area contributed by atoms with Crippen LogP contribution >= 0.6 is 0 Å². The summed E-state index contributed by atoms with van der Waals surface area (Å²) in [6.45, 7) is -4.35. The van der Waals surface area contributed by atoms with Gasteiger partial charge in [-0.15, -0.1) is 0 Å². The molecule has 0 saturated heterocycles. The molecule has 0 aliphatic rings. The van der Waals surface area contributed by atoms with Gasteiger partial charge in [0.05, 0.1) is 13.2 Å². The normalized spacial score (nSPS) is 13.1. The van der Waals surface area contributed by atoms with E-state index in [9.17, 15) is 17.6 Å². The third kappa shape index (κ3) is 7.77. The summed E-state index contributed by atoms with van der Waals surface area (Å²) in [4.78, 5) is 0. The number of hydrogen-bond acceptors (Lipinski definition) is 5. The number of rotatable bonds is 9. The van der Waals surface area contributed by atoms with Crippen molar-refractivity contribution < 1.29 is 42.0 Å². The lowest BCUT2D eigenvalue weighted by atomic mass is 10.6. The standard InChI is InChI=1S/C7H12F4O5/c8-6(9,3-13)16-7(10,11)4-15-5-14-2-1-12/h12-13H,1-5H2. The average Bonchev–Trinajstić information content (AvgIpc) is 2.16. The predicted octanol–water partition coefficient (Wildman–Crippen LogP) is 0.164. The lowest BCUT2D eigenvalue weighted by Crippen LogP contribution is -2.39. The highest BCUT2D eigenvalue weighted by Gasteiger charge is 2.43. The van der Waals surface area contributed by atoms with Crippen LogP contribution in [0.1, 0.15) is 0 Å². The zero-order valence-electron chi connectivity index (χ0n) is 8.17. The fraction of sp³-hybridized carbons (Fsp3) is 1.00. The van der Waals surface area contributed by atoms with E-state index in [4.69, 9.17) is 10.2 Å². The van der Waals surface area contributed by atoms with Crippen LogP contribution in [0.5, 0.6) is 0 Å². The van der Waals surface area contributed by atoms with Crippen LogP contribution < -0.4 is 0 Å². The Balaban J connectivity index is 3.78. The molecule has 0 unspecified atom stereocenters. The van der Waals surface area contributed by atoms with Crippen LogP contribution in [0.4, 0.5) is 17.6 Å². The van der Waals surface area contributed by atoms with Crippen LogP contribution in [0, 0.1) is 0 Å². The van der Waals surface area contributed by atoms with Crippen molar-refractivity contribution in [2.24, 2.45) is 0 Å². The molecule has 0 fully saturated rings. The van der Waals surface area contributed by atoms with Gasteiger partial charge in [0.15, 0.2) is 0 Å². The maximum atomic E-state index is 12.6. The Kier molecular flexibility index (Phi) is 6.76. The molecule has 0 aromatic heterocycles. The van der Waals surface area contributed by atoms with E-state index < -0.39 is 32.2 Å². The number of alkyl halides is 4. The zero-order chi connectivity index (χ0) is 12.7. The van der Waals surface area contributed by atoms with Crippen LogP contribution in [0.15, 0.2) is 0 Å². The largest absolute Gasteiger partial charge is 0.394 e. The molecule has 98 valence electrons. The summed E-state index contributed by atoms with van der Waals surface area (Å²) in [5, 5.41) is 16.2. The molecule has 0 amide bonds. The molecule has 0 spiro atoms. The average molecular weight is 252 g/mol. The second kappa shape index (κ2) is 6.97. The van der Waals surface area contributed by atoms with Gasteiger partial charge in [-0.2, -0.15) is 17.6 Å². The van der Waals surface area contributed by atoms with Gasteiger partial charge in [0.1, 0.15) is 20.0 Å². The first-order valence-corrected chi connectivity index (χ1v) is 4.16. The molecular formula is C7H12F4O5. The summed E-state index contributed by atoms with van der Waals surface area (Å²) in [6.07, 6.45) is -8.58. The topological polar surface area (TPSA) is 68.2 Å². The maximum absolute atomic E-state index is 12.6. The minimum Gasteiger partial charge on any atom is -0.394 e. The fourth-order valence-corrected chi connectivity index (χ4v) is 0.623. The molecule has 0 saturated carbocycles. The second-order valence-corrected chi connectivity index (χ2v) is 2.63. The van der Waals surface area contributed by atoms with E-state index in [-0.39, 0.29) is 13.2 Å². The molecule has 9 heteroatoms. The molecule has 0 radical (unpaired) electrons. The van der Waals surface area contributed by atoms with E-state index in [1.54, 1.807) is 0 Å². The van der Waals surface area contributed by atoms with Gasteiger partial charge < -0.3 is 19.7 Å². The molecule has 5 nitrogen and oxygen atoms in total. The maximum Gasteiger partial charge on any atom is 0.383 e. The SMILES string of the molecule is OCCOCOCC(F)(F)OC(F)(F)CO. The van der Waals surface area contributed by atoms with Gasteiger partial charge in [-0.25, -0.2) is 0 Å². The Morgan fingerprint density at radius 3 is 2.06 bits per heavy atom. The van der Waals surface area contributed by atoms with Crippen molar-refractivity contribution in [3.05, 3.63) is 0 Å². The summed E-state index contributed by atoms with van der Waals surface area (Å²) >= 11 is 0. The molecule has 0 bridgehead atoms. The van der Waals surface area contributed by atoms with Crippen LogP contribution in [-0.2, 0) is 14.2 Å². The molecule has 16 heavy (non-hydrogen) atoms. The van der Waals surface area contributed by atoms with E-state index in [1.165, 1.54) is 0 Å². The molecule has 0 rings (SSSR count). The van der Waals surface area contributed by atoms with Crippen molar-refractivity contribution in [1.82, 2.24) is 0 Å². The number of aliphatic hydroxyl groups excluding tert-OH is 2. The van der Waals surface area contributed by atoms with E-state index in [2.05, 4.69) is 14.2 Å². The van der Waals surface area contributed by atoms with Gasteiger partial charge in [-0.05, 0) is 0 Å². The quantitative estimate of drug-likeness (QED) is 0.347. The second-order valence-electron chi connectivity index (χ2n) is 2.63. The molecular weight excluding hydrogens is 240 g/mol. The minimum atomic E-state index is -4.33. The molecule has 2 N–H and O–H groups in total. The van der Waals surface area contributed by atoms with E-state index in [0.29, 0.717) is 0 Å². The highest BCUT2D eigenvalue weighted by molar-refractivity contribution is 4.56. The van der Waals surface area contributed by atoms with Gasteiger partial charge in [-0.1, -0.05) is 0 Å². The summed E-state index contributed by atoms with van der Waals surface area (Å²) in [5.74, 6) is 0. The highest BCUT2D eigenvalue weighted by Crippen LogP contribution is 2.26. The Morgan fingerprint density at radius 2 is 1.56 bits per heavy atom. The highest BCUT2D eigenvalue weighted by atomic mass is 19.3. The van der Waals surface area contributed by atoms with Crippen molar-refractivity contribution in [2.75, 3.05) is 33.2 Å². The smallest absolute Gasteiger partial charge is 0.383 e. The monoisotopic (exact) mass is 252 g/mol. The van der Waals surface area contributed by atoms with Crippen LogP contribution in [0.2, 0.25) is 0 Å². The number of hydrogen-bond donors (Lipinski definition) is 2. The van der Waals surface area contributed by atoms with Gasteiger partial charge in [0.2, 0.25) is 0 Å². The van der Waals surface area contributed by atoms with Crippen molar-refractivity contribution >= 4 is 0 Å². The van der Waals surface area contributed by atoms with Crippen molar-refractivity contribution in [2.45, 2.75) is 12.2 Å². The van der Waals surface area contributed by atoms with Crippen LogP contribution in [-0.4, -0.2) is 55.7 Å². The van der Waals surface area contributed by atoms with E-state index >= 15 is 0 Å². The molecule has 0 aromatic rings. The van der Waals surface area contributed by atoms with E-state index in [1.807, 2.05) is 0 Å². The predicted molar refractivity (Wildman–Crippen MR) is 41.9 cm³/mol. The number of ether oxygens (including phenoxy) is 3. The Morgan fingerprint density at radius 1 is 0.938 bits per heavy atom. The van der Waals surface area contributed by atoms with Crippen molar-refractivity contribution in [1.29, 1.82) is 0 Å². The Hall–Kier alpha value is -0.480. The van der Waals surface area contributed by atoms with Gasteiger partial charge in [-0.3, -0.25) is 4.74 Å². The first-order valence-electron chi connectivity index (χ1n) is 4.16. The van der Waals surface area contributed by atoms with Gasteiger partial charge in [0, 0.05) is 0 Å². The molecule has 0 heterocycles. The zero-order valence-corrected chi connectivity index (χ0v) is 8.17. The minimum absolute atomic E-state index is 0.126.